The molecule has 0 saturated carbocycles. The molecule has 1 atom stereocenters. The van der Waals surface area contributed by atoms with Crippen molar-refractivity contribution < 1.29 is 29.3 Å². The van der Waals surface area contributed by atoms with Crippen LogP contribution in [0.3, 0.4) is 0 Å². The first-order chi connectivity index (χ1) is 13.8. The molecular formula is C20H16ClNO6S. The molecule has 1 aliphatic rings. The van der Waals surface area contributed by atoms with E-state index in [1.165, 1.54) is 0 Å². The summed E-state index contributed by atoms with van der Waals surface area (Å²) in [5.74, 6) is -1.45. The maximum Gasteiger partial charge on any atom is 0.341 e. The molecular weight excluding hydrogens is 418 g/mol. The lowest BCUT2D eigenvalue weighted by Gasteiger charge is -2.17. The third-order valence-corrected chi connectivity index (χ3v) is 5.25. The molecule has 1 heterocycles. The lowest BCUT2D eigenvalue weighted by Crippen LogP contribution is -2.36. The summed E-state index contributed by atoms with van der Waals surface area (Å²) in [7, 11) is 0. The van der Waals surface area contributed by atoms with Crippen LogP contribution < -0.4 is 4.74 Å². The number of amides is 1. The quantitative estimate of drug-likeness (QED) is 0.511. The van der Waals surface area contributed by atoms with Crippen molar-refractivity contribution in [3.63, 3.8) is 0 Å². The number of hydrogen-bond acceptors (Lipinski definition) is 6. The molecule has 29 heavy (non-hydrogen) atoms. The summed E-state index contributed by atoms with van der Waals surface area (Å²) in [5.41, 5.74) is -0.0986. The zero-order valence-corrected chi connectivity index (χ0v) is 16.5. The van der Waals surface area contributed by atoms with Crippen molar-refractivity contribution in [3.8, 4) is 5.75 Å². The number of carbonyl (C=O) groups excluding carboxylic acids is 2. The minimum atomic E-state index is -1.16. The normalized spacial score (nSPS) is 17.6. The highest BCUT2D eigenvalue weighted by Crippen LogP contribution is 2.35. The van der Waals surface area contributed by atoms with Crippen LogP contribution in [0, 0.1) is 0 Å². The van der Waals surface area contributed by atoms with Crippen molar-refractivity contribution in [1.29, 1.82) is 0 Å². The molecule has 0 aromatic heterocycles. The molecule has 0 aliphatic carbocycles. The van der Waals surface area contributed by atoms with Gasteiger partial charge in [-0.05, 0) is 48.0 Å². The van der Waals surface area contributed by atoms with Gasteiger partial charge in [0.25, 0.3) is 5.91 Å². The molecule has 1 saturated heterocycles. The first kappa shape index (κ1) is 20.9. The maximum absolute atomic E-state index is 12.6. The third-order valence-electron chi connectivity index (χ3n) is 3.99. The predicted octanol–water partition coefficient (Wildman–Crippen LogP) is 2.88. The van der Waals surface area contributed by atoms with E-state index in [2.05, 4.69) is 0 Å². The minimum Gasteiger partial charge on any atom is -0.482 e. The Morgan fingerprint density at radius 3 is 2.41 bits per heavy atom. The molecule has 2 aromatic rings. The first-order valence-electron chi connectivity index (χ1n) is 8.44. The average molecular weight is 434 g/mol. The van der Waals surface area contributed by atoms with Crippen molar-refractivity contribution in [2.24, 2.45) is 0 Å². The van der Waals surface area contributed by atoms with E-state index in [0.29, 0.717) is 26.8 Å². The summed E-state index contributed by atoms with van der Waals surface area (Å²) < 4.78 is 5.05. The van der Waals surface area contributed by atoms with Gasteiger partial charge in [0, 0.05) is 10.6 Å². The number of carbonyl (C=O) groups is 3. The lowest BCUT2D eigenvalue weighted by atomic mass is 10.1. The Balaban J connectivity index is 1.67. The summed E-state index contributed by atoms with van der Waals surface area (Å²) in [6.07, 6.45) is 1.59. The Labute approximate surface area is 175 Å². The summed E-state index contributed by atoms with van der Waals surface area (Å²) in [6, 6.07) is 12.8. The number of Topliss-reactive ketones (excluding diaryl/α,β-unsaturated/α-hetero) is 1. The molecule has 3 rings (SSSR count). The Morgan fingerprint density at radius 2 is 1.79 bits per heavy atom. The van der Waals surface area contributed by atoms with E-state index in [1.807, 2.05) is 0 Å². The molecule has 2 aromatic carbocycles. The Bertz CT molecular complexity index is 958. The van der Waals surface area contributed by atoms with Crippen LogP contribution in [-0.4, -0.2) is 51.5 Å². The number of carboxylic acids is 1. The molecule has 1 fully saturated rings. The highest BCUT2D eigenvalue weighted by molar-refractivity contribution is 8.05. The molecule has 1 unspecified atom stereocenters. The van der Waals surface area contributed by atoms with E-state index < -0.39 is 24.0 Å². The largest absolute Gasteiger partial charge is 0.482 e. The summed E-state index contributed by atoms with van der Waals surface area (Å²) in [5, 5.41) is 19.3. The smallest absolute Gasteiger partial charge is 0.341 e. The van der Waals surface area contributed by atoms with Gasteiger partial charge in [-0.15, -0.1) is 0 Å². The van der Waals surface area contributed by atoms with E-state index in [9.17, 15) is 19.5 Å². The third kappa shape index (κ3) is 5.38. The zero-order valence-electron chi connectivity index (χ0n) is 14.9. The molecule has 2 N–H and O–H groups in total. The fraction of sp³-hybridized carbons (Fsp3) is 0.150. The number of ether oxygens (including phenoxy) is 1. The summed E-state index contributed by atoms with van der Waals surface area (Å²) in [6.45, 7) is -0.703. The Hall–Kier alpha value is -2.81. The van der Waals surface area contributed by atoms with Crippen molar-refractivity contribution in [3.05, 3.63) is 69.6 Å². The van der Waals surface area contributed by atoms with Crippen molar-refractivity contribution in [2.75, 3.05) is 13.2 Å². The summed E-state index contributed by atoms with van der Waals surface area (Å²) in [4.78, 5) is 36.9. The SMILES string of the molecule is O=C(O)COc1ccc(/C=C2\SC(O)N(CC(=O)c3ccc(Cl)cc3)C2=O)cc1. The topological polar surface area (TPSA) is 104 Å². The molecule has 1 amide bonds. The molecule has 1 aliphatic heterocycles. The number of benzene rings is 2. The van der Waals surface area contributed by atoms with Gasteiger partial charge in [-0.1, -0.05) is 35.5 Å². The first-order valence-corrected chi connectivity index (χ1v) is 9.70. The molecule has 7 nitrogen and oxygen atoms in total. The monoisotopic (exact) mass is 433 g/mol. The van der Waals surface area contributed by atoms with Gasteiger partial charge in [0.05, 0.1) is 11.4 Å². The van der Waals surface area contributed by atoms with Crippen LogP contribution in [0.15, 0.2) is 53.4 Å². The van der Waals surface area contributed by atoms with E-state index in [1.54, 1.807) is 54.6 Å². The van der Waals surface area contributed by atoms with Crippen LogP contribution in [-0.2, 0) is 9.59 Å². The minimum absolute atomic E-state index is 0.256. The van der Waals surface area contributed by atoms with Gasteiger partial charge >= 0.3 is 5.97 Å². The number of aliphatic carboxylic acids is 1. The van der Waals surface area contributed by atoms with Crippen LogP contribution in [0.1, 0.15) is 15.9 Å². The van der Waals surface area contributed by atoms with Crippen LogP contribution in [0.4, 0.5) is 0 Å². The van der Waals surface area contributed by atoms with E-state index in [0.717, 1.165) is 16.7 Å². The number of carboxylic acid groups (broad SMARTS) is 1. The van der Waals surface area contributed by atoms with Crippen LogP contribution >= 0.6 is 23.4 Å². The van der Waals surface area contributed by atoms with Gasteiger partial charge < -0.3 is 14.9 Å². The van der Waals surface area contributed by atoms with Crippen molar-refractivity contribution >= 4 is 47.1 Å². The standard InChI is InChI=1S/C20H16ClNO6S/c21-14-5-3-13(4-6-14)16(23)10-22-19(26)17(29-20(22)27)9-12-1-7-15(8-2-12)28-11-18(24)25/h1-9,20,27H,10-11H2,(H,24,25)/b17-9-. The number of nitrogens with zero attached hydrogens (tertiary/aromatic N) is 1. The number of aliphatic hydroxyl groups is 1. The average Bonchev–Trinajstić information content (AvgIpc) is 2.95. The number of aliphatic hydroxyl groups excluding tert-OH is 1. The molecule has 0 bridgehead atoms. The number of rotatable bonds is 7. The number of halogens is 1. The van der Waals surface area contributed by atoms with Crippen LogP contribution in [0.2, 0.25) is 5.02 Å². The fourth-order valence-corrected chi connectivity index (χ4v) is 3.63. The van der Waals surface area contributed by atoms with Crippen molar-refractivity contribution in [1.82, 2.24) is 4.90 Å². The molecule has 150 valence electrons. The molecule has 9 heteroatoms. The number of thioether (sulfide) groups is 1. The van der Waals surface area contributed by atoms with Crippen LogP contribution in [0.25, 0.3) is 6.08 Å². The number of ketones is 1. The maximum atomic E-state index is 12.6. The summed E-state index contributed by atoms with van der Waals surface area (Å²) >= 11 is 6.76. The van der Waals surface area contributed by atoms with Gasteiger partial charge in [0.2, 0.25) is 0 Å². The second-order valence-electron chi connectivity index (χ2n) is 6.07. The van der Waals surface area contributed by atoms with Crippen LogP contribution in [0.5, 0.6) is 5.75 Å². The Morgan fingerprint density at radius 1 is 1.14 bits per heavy atom. The number of hydrogen-bond donors (Lipinski definition) is 2. The van der Waals surface area contributed by atoms with Gasteiger partial charge in [0.1, 0.15) is 5.75 Å². The fourth-order valence-electron chi connectivity index (χ4n) is 2.55. The Kier molecular flexibility index (Phi) is 6.58. The van der Waals surface area contributed by atoms with E-state index in [-0.39, 0.29) is 12.3 Å². The lowest BCUT2D eigenvalue weighted by molar-refractivity contribution is -0.139. The van der Waals surface area contributed by atoms with Gasteiger partial charge in [-0.25, -0.2) is 4.79 Å². The highest BCUT2D eigenvalue weighted by atomic mass is 35.5. The molecule has 0 radical (unpaired) electrons. The van der Waals surface area contributed by atoms with E-state index >= 15 is 0 Å². The molecule has 0 spiro atoms. The predicted molar refractivity (Wildman–Crippen MR) is 109 cm³/mol. The second kappa shape index (κ2) is 9.13. The van der Waals surface area contributed by atoms with Crippen molar-refractivity contribution in [2.45, 2.75) is 5.56 Å². The van der Waals surface area contributed by atoms with Gasteiger partial charge in [-0.3, -0.25) is 14.5 Å². The highest BCUT2D eigenvalue weighted by Gasteiger charge is 2.36. The van der Waals surface area contributed by atoms with E-state index in [4.69, 9.17) is 21.4 Å². The zero-order chi connectivity index (χ0) is 21.0. The second-order valence-corrected chi connectivity index (χ2v) is 7.60. The van der Waals surface area contributed by atoms with Gasteiger partial charge in [0.15, 0.2) is 18.0 Å². The van der Waals surface area contributed by atoms with Gasteiger partial charge in [-0.2, -0.15) is 0 Å².